The van der Waals surface area contributed by atoms with Gasteiger partial charge in [-0.1, -0.05) is 25.1 Å². The van der Waals surface area contributed by atoms with Gasteiger partial charge in [0, 0.05) is 12.1 Å². The van der Waals surface area contributed by atoms with Crippen LogP contribution in [0.2, 0.25) is 0 Å². The van der Waals surface area contributed by atoms with Gasteiger partial charge >= 0.3 is 0 Å². The van der Waals surface area contributed by atoms with Gasteiger partial charge in [-0.3, -0.25) is 9.59 Å². The van der Waals surface area contributed by atoms with Crippen LogP contribution in [-0.4, -0.2) is 24.9 Å². The average molecular weight is 312 g/mol. The van der Waals surface area contributed by atoms with E-state index in [4.69, 9.17) is 4.74 Å². The van der Waals surface area contributed by atoms with Crippen molar-refractivity contribution in [2.45, 2.75) is 13.3 Å². The molecule has 0 unspecified atom stereocenters. The molecule has 0 heterocycles. The number of benzene rings is 2. The second-order valence-electron chi connectivity index (χ2n) is 4.97. The lowest BCUT2D eigenvalue weighted by Crippen LogP contribution is -2.37. The number of hydrogen-bond acceptors (Lipinski definition) is 3. The first-order valence-corrected chi connectivity index (χ1v) is 7.57. The van der Waals surface area contributed by atoms with Crippen LogP contribution in [0, 0.1) is 0 Å². The lowest BCUT2D eigenvalue weighted by molar-refractivity contribution is -0.120. The van der Waals surface area contributed by atoms with Crippen LogP contribution in [0.3, 0.4) is 0 Å². The van der Waals surface area contributed by atoms with E-state index in [9.17, 15) is 9.59 Å². The third kappa shape index (κ3) is 5.47. The van der Waals surface area contributed by atoms with Crippen molar-refractivity contribution in [3.63, 3.8) is 0 Å². The van der Waals surface area contributed by atoms with Gasteiger partial charge in [0.1, 0.15) is 11.5 Å². The third-order valence-electron chi connectivity index (χ3n) is 3.08. The number of rotatable bonds is 7. The maximum Gasteiger partial charge on any atom is 0.251 e. The van der Waals surface area contributed by atoms with Crippen molar-refractivity contribution in [3.05, 3.63) is 60.2 Å². The Balaban J connectivity index is 1.86. The normalized spacial score (nSPS) is 9.96. The molecule has 0 aromatic heterocycles. The van der Waals surface area contributed by atoms with E-state index in [1.54, 1.807) is 24.3 Å². The summed E-state index contributed by atoms with van der Waals surface area (Å²) in [6.45, 7) is 2.55. The van der Waals surface area contributed by atoms with E-state index in [2.05, 4.69) is 10.6 Å². The van der Waals surface area contributed by atoms with Crippen molar-refractivity contribution in [3.8, 4) is 11.5 Å². The van der Waals surface area contributed by atoms with E-state index >= 15 is 0 Å². The first kappa shape index (κ1) is 16.5. The Hall–Kier alpha value is -2.82. The molecule has 0 radical (unpaired) electrons. The Morgan fingerprint density at radius 3 is 2.22 bits per heavy atom. The first-order chi connectivity index (χ1) is 11.2. The average Bonchev–Trinajstić information content (AvgIpc) is 2.59. The zero-order chi connectivity index (χ0) is 16.5. The molecular weight excluding hydrogens is 292 g/mol. The highest BCUT2D eigenvalue weighted by Gasteiger charge is 2.08. The lowest BCUT2D eigenvalue weighted by Gasteiger charge is -2.08. The van der Waals surface area contributed by atoms with Gasteiger partial charge in [-0.05, 0) is 42.8 Å². The van der Waals surface area contributed by atoms with Gasteiger partial charge < -0.3 is 15.4 Å². The fraction of sp³-hybridized carbons (Fsp3) is 0.222. The molecule has 2 rings (SSSR count). The molecule has 0 bridgehead atoms. The Labute approximate surface area is 135 Å². The second kappa shape index (κ2) is 8.58. The summed E-state index contributed by atoms with van der Waals surface area (Å²) >= 11 is 0. The third-order valence-corrected chi connectivity index (χ3v) is 3.08. The van der Waals surface area contributed by atoms with E-state index in [0.717, 1.165) is 12.2 Å². The Morgan fingerprint density at radius 2 is 1.57 bits per heavy atom. The molecule has 2 N–H and O–H groups in total. The van der Waals surface area contributed by atoms with Crippen LogP contribution in [0.4, 0.5) is 0 Å². The summed E-state index contributed by atoms with van der Waals surface area (Å²) in [6.07, 6.45) is 0.864. The minimum atomic E-state index is -0.289. The van der Waals surface area contributed by atoms with E-state index < -0.39 is 0 Å². The van der Waals surface area contributed by atoms with Crippen LogP contribution < -0.4 is 15.4 Å². The van der Waals surface area contributed by atoms with Crippen molar-refractivity contribution in [2.75, 3.05) is 13.1 Å². The van der Waals surface area contributed by atoms with Crippen molar-refractivity contribution < 1.29 is 14.3 Å². The van der Waals surface area contributed by atoms with Crippen molar-refractivity contribution in [2.24, 2.45) is 0 Å². The van der Waals surface area contributed by atoms with Crippen LogP contribution in [0.5, 0.6) is 11.5 Å². The van der Waals surface area contributed by atoms with E-state index in [1.807, 2.05) is 37.3 Å². The largest absolute Gasteiger partial charge is 0.457 e. The van der Waals surface area contributed by atoms with E-state index in [-0.39, 0.29) is 18.4 Å². The molecule has 2 aromatic carbocycles. The predicted molar refractivity (Wildman–Crippen MR) is 88.6 cm³/mol. The molecule has 0 fully saturated rings. The molecule has 0 aliphatic rings. The minimum Gasteiger partial charge on any atom is -0.457 e. The van der Waals surface area contributed by atoms with E-state index in [1.165, 1.54) is 0 Å². The van der Waals surface area contributed by atoms with Gasteiger partial charge in [0.25, 0.3) is 5.91 Å². The predicted octanol–water partition coefficient (Wildman–Crippen LogP) is 2.73. The molecule has 23 heavy (non-hydrogen) atoms. The summed E-state index contributed by atoms with van der Waals surface area (Å²) in [5.41, 5.74) is 0.480. The van der Waals surface area contributed by atoms with Crippen LogP contribution >= 0.6 is 0 Å². The number of hydrogen-bond donors (Lipinski definition) is 2. The highest BCUT2D eigenvalue weighted by atomic mass is 16.5. The minimum absolute atomic E-state index is 0.0267. The molecule has 2 aromatic rings. The fourth-order valence-electron chi connectivity index (χ4n) is 1.89. The van der Waals surface area contributed by atoms with Crippen LogP contribution in [-0.2, 0) is 4.79 Å². The van der Waals surface area contributed by atoms with Gasteiger partial charge in [0.15, 0.2) is 0 Å². The number of carbonyl (C=O) groups is 2. The summed E-state index contributed by atoms with van der Waals surface area (Å²) in [7, 11) is 0. The summed E-state index contributed by atoms with van der Waals surface area (Å²) < 4.78 is 5.66. The molecular formula is C18H20N2O3. The SMILES string of the molecule is CCCNC(=O)CNC(=O)c1ccc(Oc2ccccc2)cc1. The molecule has 5 heteroatoms. The summed E-state index contributed by atoms with van der Waals surface area (Å²) in [5.74, 6) is 0.901. The standard InChI is InChI=1S/C18H20N2O3/c1-2-12-19-17(21)13-20-18(22)14-8-10-16(11-9-14)23-15-6-4-3-5-7-15/h3-11H,2,12-13H2,1H3,(H,19,21)(H,20,22). The number of amides is 2. The quantitative estimate of drug-likeness (QED) is 0.826. The van der Waals surface area contributed by atoms with Crippen molar-refractivity contribution >= 4 is 11.8 Å². The van der Waals surface area contributed by atoms with Crippen molar-refractivity contribution in [1.29, 1.82) is 0 Å². The Bertz CT molecular complexity index is 639. The fourth-order valence-corrected chi connectivity index (χ4v) is 1.89. The number of carbonyl (C=O) groups excluding carboxylic acids is 2. The van der Waals surface area contributed by atoms with E-state index in [0.29, 0.717) is 17.9 Å². The molecule has 5 nitrogen and oxygen atoms in total. The van der Waals surface area contributed by atoms with Gasteiger partial charge in [-0.25, -0.2) is 0 Å². The lowest BCUT2D eigenvalue weighted by atomic mass is 10.2. The molecule has 0 saturated heterocycles. The smallest absolute Gasteiger partial charge is 0.251 e. The topological polar surface area (TPSA) is 67.4 Å². The van der Waals surface area contributed by atoms with Gasteiger partial charge in [0.2, 0.25) is 5.91 Å². The summed E-state index contributed by atoms with van der Waals surface area (Å²) in [5, 5.41) is 5.29. The Kier molecular flexibility index (Phi) is 6.17. The summed E-state index contributed by atoms with van der Waals surface area (Å²) in [4.78, 5) is 23.4. The zero-order valence-electron chi connectivity index (χ0n) is 13.0. The maximum absolute atomic E-state index is 12.0. The van der Waals surface area contributed by atoms with Gasteiger partial charge in [-0.15, -0.1) is 0 Å². The van der Waals surface area contributed by atoms with Gasteiger partial charge in [-0.2, -0.15) is 0 Å². The highest BCUT2D eigenvalue weighted by molar-refractivity contribution is 5.96. The first-order valence-electron chi connectivity index (χ1n) is 7.57. The molecule has 0 aliphatic heterocycles. The Morgan fingerprint density at radius 1 is 0.913 bits per heavy atom. The van der Waals surface area contributed by atoms with Crippen molar-refractivity contribution in [1.82, 2.24) is 10.6 Å². The maximum atomic E-state index is 12.0. The van der Waals surface area contributed by atoms with Crippen LogP contribution in [0.25, 0.3) is 0 Å². The number of nitrogens with one attached hydrogen (secondary N) is 2. The molecule has 0 spiro atoms. The zero-order valence-corrected chi connectivity index (χ0v) is 13.0. The molecule has 0 atom stereocenters. The molecule has 0 saturated carbocycles. The second-order valence-corrected chi connectivity index (χ2v) is 4.97. The highest BCUT2D eigenvalue weighted by Crippen LogP contribution is 2.20. The number of ether oxygens (including phenoxy) is 1. The molecule has 120 valence electrons. The van der Waals surface area contributed by atoms with Gasteiger partial charge in [0.05, 0.1) is 6.54 Å². The molecule has 0 aliphatic carbocycles. The summed E-state index contributed by atoms with van der Waals surface area (Å²) in [6, 6.07) is 16.2. The number of para-hydroxylation sites is 1. The molecule has 2 amide bonds. The van der Waals surface area contributed by atoms with Crippen LogP contribution in [0.15, 0.2) is 54.6 Å². The van der Waals surface area contributed by atoms with Crippen LogP contribution in [0.1, 0.15) is 23.7 Å². The monoisotopic (exact) mass is 312 g/mol.